The van der Waals surface area contributed by atoms with Crippen LogP contribution in [0.15, 0.2) is 29.2 Å². The number of likely N-dealkylation sites (tertiary alicyclic amines) is 1. The molecule has 1 saturated heterocycles. The zero-order valence-corrected chi connectivity index (χ0v) is 17.3. The first kappa shape index (κ1) is 21.3. The van der Waals surface area contributed by atoms with Crippen LogP contribution in [0.4, 0.5) is 0 Å². The van der Waals surface area contributed by atoms with Crippen LogP contribution in [-0.4, -0.2) is 66.1 Å². The van der Waals surface area contributed by atoms with Crippen molar-refractivity contribution in [3.05, 3.63) is 29.8 Å². The van der Waals surface area contributed by atoms with Gasteiger partial charge in [-0.05, 0) is 45.2 Å². The van der Waals surface area contributed by atoms with Gasteiger partial charge in [0.15, 0.2) is 6.61 Å². The Morgan fingerprint density at radius 3 is 2.41 bits per heavy atom. The fraction of sp³-hybridized carbons (Fsp3) is 0.550. The molecule has 0 bridgehead atoms. The van der Waals surface area contributed by atoms with Crippen LogP contribution in [0.1, 0.15) is 43.5 Å². The van der Waals surface area contributed by atoms with Crippen LogP contribution >= 0.6 is 11.8 Å². The Morgan fingerprint density at radius 2 is 1.78 bits per heavy atom. The lowest BCUT2D eigenvalue weighted by molar-refractivity contribution is -0.140. The van der Waals surface area contributed by atoms with Gasteiger partial charge in [-0.2, -0.15) is 0 Å². The summed E-state index contributed by atoms with van der Waals surface area (Å²) in [6, 6.07) is 7.31. The summed E-state index contributed by atoms with van der Waals surface area (Å²) in [4.78, 5) is 40.8. The standard InChI is InChI=1S/C20H28N2O4S/c1-14-8-7-9-15(2)22(14)18(23)12-26-20(25)16-10-5-6-11-17(16)27-13-19(24)21(3)4/h5-6,10-11,14-15H,7-9,12-13H2,1-4H3/t14-,15-/m0/s1. The van der Waals surface area contributed by atoms with Gasteiger partial charge in [-0.3, -0.25) is 9.59 Å². The second-order valence-electron chi connectivity index (χ2n) is 7.08. The van der Waals surface area contributed by atoms with Crippen LogP contribution in [-0.2, 0) is 14.3 Å². The summed E-state index contributed by atoms with van der Waals surface area (Å²) in [6.45, 7) is 3.80. The van der Waals surface area contributed by atoms with Crippen molar-refractivity contribution < 1.29 is 19.1 Å². The number of rotatable bonds is 6. The molecule has 0 spiro atoms. The molecule has 1 aliphatic heterocycles. The van der Waals surface area contributed by atoms with Gasteiger partial charge in [0.05, 0.1) is 11.3 Å². The predicted molar refractivity (Wildman–Crippen MR) is 106 cm³/mol. The molecular weight excluding hydrogens is 364 g/mol. The fourth-order valence-electron chi connectivity index (χ4n) is 3.22. The fourth-order valence-corrected chi connectivity index (χ4v) is 4.24. The first-order valence-electron chi connectivity index (χ1n) is 9.21. The van der Waals surface area contributed by atoms with E-state index in [1.807, 2.05) is 24.8 Å². The molecule has 1 aromatic carbocycles. The summed E-state index contributed by atoms with van der Waals surface area (Å²) in [5.74, 6) is -0.498. The van der Waals surface area contributed by atoms with Gasteiger partial charge < -0.3 is 14.5 Å². The SMILES string of the molecule is C[C@H]1CCC[C@H](C)N1C(=O)COC(=O)c1ccccc1SCC(=O)N(C)C. The summed E-state index contributed by atoms with van der Waals surface area (Å²) in [5.41, 5.74) is 0.376. The van der Waals surface area contributed by atoms with Crippen LogP contribution in [0, 0.1) is 0 Å². The quantitative estimate of drug-likeness (QED) is 0.550. The van der Waals surface area contributed by atoms with Gasteiger partial charge >= 0.3 is 5.97 Å². The van der Waals surface area contributed by atoms with Crippen LogP contribution in [0.3, 0.4) is 0 Å². The van der Waals surface area contributed by atoms with Crippen molar-refractivity contribution in [2.45, 2.75) is 50.1 Å². The lowest BCUT2D eigenvalue weighted by Crippen LogP contribution is -2.49. The second-order valence-corrected chi connectivity index (χ2v) is 8.10. The van der Waals surface area contributed by atoms with Gasteiger partial charge in [-0.25, -0.2) is 4.79 Å². The number of hydrogen-bond donors (Lipinski definition) is 0. The van der Waals surface area contributed by atoms with E-state index in [1.165, 1.54) is 16.7 Å². The number of benzene rings is 1. The molecule has 0 aromatic heterocycles. The van der Waals surface area contributed by atoms with Crippen LogP contribution in [0.25, 0.3) is 0 Å². The molecule has 1 aliphatic rings. The third-order valence-corrected chi connectivity index (χ3v) is 5.82. The predicted octanol–water partition coefficient (Wildman–Crippen LogP) is 2.81. The van der Waals surface area contributed by atoms with E-state index in [1.54, 1.807) is 32.3 Å². The topological polar surface area (TPSA) is 66.9 Å². The smallest absolute Gasteiger partial charge is 0.339 e. The molecule has 0 N–H and O–H groups in total. The lowest BCUT2D eigenvalue weighted by atomic mass is 9.97. The van der Waals surface area contributed by atoms with Crippen molar-refractivity contribution in [2.24, 2.45) is 0 Å². The molecule has 6 nitrogen and oxygen atoms in total. The third kappa shape index (κ3) is 5.73. The zero-order valence-electron chi connectivity index (χ0n) is 16.4. The molecule has 0 aliphatic carbocycles. The molecule has 0 unspecified atom stereocenters. The summed E-state index contributed by atoms with van der Waals surface area (Å²) >= 11 is 1.29. The normalized spacial score (nSPS) is 19.5. The summed E-state index contributed by atoms with van der Waals surface area (Å²) < 4.78 is 5.30. The van der Waals surface area contributed by atoms with E-state index < -0.39 is 5.97 Å². The number of esters is 1. The first-order valence-corrected chi connectivity index (χ1v) is 10.2. The molecule has 2 rings (SSSR count). The highest BCUT2D eigenvalue weighted by Crippen LogP contribution is 2.25. The maximum atomic E-state index is 12.5. The van der Waals surface area contributed by atoms with Crippen molar-refractivity contribution in [1.82, 2.24) is 9.80 Å². The van der Waals surface area contributed by atoms with Crippen LogP contribution in [0.5, 0.6) is 0 Å². The Morgan fingerprint density at radius 1 is 1.15 bits per heavy atom. The molecule has 27 heavy (non-hydrogen) atoms. The van der Waals surface area contributed by atoms with Crippen molar-refractivity contribution in [3.63, 3.8) is 0 Å². The molecule has 2 amide bonds. The van der Waals surface area contributed by atoms with Crippen LogP contribution < -0.4 is 0 Å². The lowest BCUT2D eigenvalue weighted by Gasteiger charge is -2.38. The van der Waals surface area contributed by atoms with Crippen molar-refractivity contribution >= 4 is 29.5 Å². The number of thioether (sulfide) groups is 1. The highest BCUT2D eigenvalue weighted by molar-refractivity contribution is 8.00. The van der Waals surface area contributed by atoms with Gasteiger partial charge in [-0.15, -0.1) is 11.8 Å². The van der Waals surface area contributed by atoms with Gasteiger partial charge in [0.1, 0.15) is 0 Å². The number of nitrogens with zero attached hydrogens (tertiary/aromatic N) is 2. The minimum absolute atomic E-state index is 0.0357. The van der Waals surface area contributed by atoms with E-state index in [-0.39, 0.29) is 36.3 Å². The molecule has 7 heteroatoms. The van der Waals surface area contributed by atoms with Crippen LogP contribution in [0.2, 0.25) is 0 Å². The summed E-state index contributed by atoms with van der Waals surface area (Å²) in [6.07, 6.45) is 3.06. The average Bonchev–Trinajstić information content (AvgIpc) is 2.64. The third-order valence-electron chi connectivity index (χ3n) is 4.77. The molecule has 0 saturated carbocycles. The number of carbonyl (C=O) groups is 3. The Hall–Kier alpha value is -2.02. The van der Waals surface area contributed by atoms with E-state index in [9.17, 15) is 14.4 Å². The number of amides is 2. The Bertz CT molecular complexity index is 682. The number of hydrogen-bond acceptors (Lipinski definition) is 5. The number of ether oxygens (including phenoxy) is 1. The number of carbonyl (C=O) groups excluding carboxylic acids is 3. The molecule has 2 atom stereocenters. The molecule has 1 aromatic rings. The molecular formula is C20H28N2O4S. The van der Waals surface area contributed by atoms with E-state index in [2.05, 4.69) is 0 Å². The molecule has 0 radical (unpaired) electrons. The largest absolute Gasteiger partial charge is 0.452 e. The number of piperidine rings is 1. The van der Waals surface area contributed by atoms with Gasteiger partial charge in [0.2, 0.25) is 5.91 Å². The maximum absolute atomic E-state index is 12.5. The minimum Gasteiger partial charge on any atom is -0.452 e. The van der Waals surface area contributed by atoms with Crippen molar-refractivity contribution in [3.8, 4) is 0 Å². The van der Waals surface area contributed by atoms with Gasteiger partial charge in [0, 0.05) is 31.1 Å². The van der Waals surface area contributed by atoms with E-state index in [0.717, 1.165) is 19.3 Å². The highest BCUT2D eigenvalue weighted by atomic mass is 32.2. The zero-order chi connectivity index (χ0) is 20.0. The monoisotopic (exact) mass is 392 g/mol. The summed E-state index contributed by atoms with van der Waals surface area (Å²) in [7, 11) is 3.38. The van der Waals surface area contributed by atoms with Gasteiger partial charge in [0.25, 0.3) is 5.91 Å². The molecule has 148 valence electrons. The first-order chi connectivity index (χ1) is 12.8. The average molecular weight is 393 g/mol. The van der Waals surface area contributed by atoms with Gasteiger partial charge in [-0.1, -0.05) is 12.1 Å². The Balaban J connectivity index is 1.97. The highest BCUT2D eigenvalue weighted by Gasteiger charge is 2.29. The molecule has 1 heterocycles. The van der Waals surface area contributed by atoms with E-state index in [0.29, 0.717) is 10.5 Å². The minimum atomic E-state index is -0.541. The molecule has 1 fully saturated rings. The van der Waals surface area contributed by atoms with E-state index >= 15 is 0 Å². The Kier molecular flexibility index (Phi) is 7.71. The second kappa shape index (κ2) is 9.78. The summed E-state index contributed by atoms with van der Waals surface area (Å²) in [5, 5.41) is 0. The van der Waals surface area contributed by atoms with Crippen molar-refractivity contribution in [2.75, 3.05) is 26.5 Å². The Labute approximate surface area is 165 Å². The van der Waals surface area contributed by atoms with E-state index in [4.69, 9.17) is 4.74 Å². The van der Waals surface area contributed by atoms with Crippen molar-refractivity contribution in [1.29, 1.82) is 0 Å². The maximum Gasteiger partial charge on any atom is 0.339 e.